The predicted octanol–water partition coefficient (Wildman–Crippen LogP) is 5.34. The predicted molar refractivity (Wildman–Crippen MR) is 175 cm³/mol. The lowest BCUT2D eigenvalue weighted by Crippen LogP contribution is -2.43. The third-order valence-electron chi connectivity index (χ3n) is 7.93. The normalized spacial score (nSPS) is 18.4. The Morgan fingerprint density at radius 3 is 2.68 bits per heavy atom. The molecule has 0 radical (unpaired) electrons. The minimum atomic E-state index is -0.344. The number of aryl methyl sites for hydroxylation is 1. The highest BCUT2D eigenvalue weighted by molar-refractivity contribution is 6.11. The Morgan fingerprint density at radius 2 is 1.93 bits per heavy atom. The van der Waals surface area contributed by atoms with Gasteiger partial charge in [0.2, 0.25) is 12.7 Å². The number of nitrogens with one attached hydrogen (secondary N) is 2. The number of rotatable bonds is 10. The Labute approximate surface area is 262 Å². The SMILES string of the molecule is C=C/N=C1/Nc2c(ccc3c2OCO3)CN(C)[C@@H](C)C(=O)NCCCOc2cc1c(C)cc2OCCCN(CCC)CCC. The molecule has 2 aliphatic heterocycles. The molecule has 1 amide bonds. The number of amides is 1. The van der Waals surface area contributed by atoms with Crippen LogP contribution >= 0.6 is 0 Å². The quantitative estimate of drug-likeness (QED) is 0.350. The zero-order valence-corrected chi connectivity index (χ0v) is 27.0. The van der Waals surface area contributed by atoms with Gasteiger partial charge in [0, 0.05) is 31.4 Å². The minimum Gasteiger partial charge on any atom is -0.490 e. The molecule has 0 spiro atoms. The highest BCUT2D eigenvalue weighted by atomic mass is 16.7. The van der Waals surface area contributed by atoms with Crippen molar-refractivity contribution in [1.82, 2.24) is 15.1 Å². The van der Waals surface area contributed by atoms with Gasteiger partial charge >= 0.3 is 0 Å². The van der Waals surface area contributed by atoms with E-state index in [2.05, 4.69) is 41.0 Å². The molecule has 2 aliphatic rings. The number of amidine groups is 1. The lowest BCUT2D eigenvalue weighted by atomic mass is 10.0. The molecule has 4 rings (SSSR count). The Kier molecular flexibility index (Phi) is 12.3. The molecule has 10 nitrogen and oxygen atoms in total. The van der Waals surface area contributed by atoms with E-state index in [1.165, 1.54) is 6.20 Å². The molecule has 2 aromatic rings. The second-order valence-corrected chi connectivity index (χ2v) is 11.4. The van der Waals surface area contributed by atoms with E-state index in [0.29, 0.717) is 61.6 Å². The molecule has 10 heteroatoms. The molecule has 44 heavy (non-hydrogen) atoms. The van der Waals surface area contributed by atoms with Gasteiger partial charge in [-0.2, -0.15) is 0 Å². The number of likely N-dealkylation sites (N-methyl/N-ethyl adjacent to an activating group) is 1. The first kappa shape index (κ1) is 33.1. The van der Waals surface area contributed by atoms with Crippen LogP contribution in [0.5, 0.6) is 23.0 Å². The molecule has 0 aromatic heterocycles. The van der Waals surface area contributed by atoms with Gasteiger partial charge in [-0.05, 0) is 89.0 Å². The zero-order valence-electron chi connectivity index (χ0n) is 27.0. The van der Waals surface area contributed by atoms with Crippen molar-refractivity contribution < 1.29 is 23.7 Å². The number of anilines is 1. The van der Waals surface area contributed by atoms with Gasteiger partial charge in [0.15, 0.2) is 23.0 Å². The van der Waals surface area contributed by atoms with E-state index in [0.717, 1.165) is 61.3 Å². The van der Waals surface area contributed by atoms with E-state index in [1.54, 1.807) is 0 Å². The van der Waals surface area contributed by atoms with Crippen molar-refractivity contribution in [3.63, 3.8) is 0 Å². The van der Waals surface area contributed by atoms with Gasteiger partial charge in [-0.3, -0.25) is 9.69 Å². The van der Waals surface area contributed by atoms with Crippen LogP contribution in [0.4, 0.5) is 5.69 Å². The molecule has 0 saturated heterocycles. The topological polar surface area (TPSA) is 96.9 Å². The fraction of sp³-hybridized carbons (Fsp3) is 0.529. The van der Waals surface area contributed by atoms with Crippen molar-refractivity contribution in [3.8, 4) is 23.0 Å². The molecule has 0 unspecified atom stereocenters. The third kappa shape index (κ3) is 8.45. The number of fused-ring (bicyclic) bond motifs is 5. The van der Waals surface area contributed by atoms with Gasteiger partial charge in [0.05, 0.1) is 24.9 Å². The Hall–Kier alpha value is -3.76. The first-order chi connectivity index (χ1) is 21.4. The largest absolute Gasteiger partial charge is 0.490 e. The second-order valence-electron chi connectivity index (χ2n) is 11.4. The average molecular weight is 608 g/mol. The smallest absolute Gasteiger partial charge is 0.237 e. The summed E-state index contributed by atoms with van der Waals surface area (Å²) in [6.07, 6.45) is 5.39. The highest BCUT2D eigenvalue weighted by Crippen LogP contribution is 2.42. The van der Waals surface area contributed by atoms with Gasteiger partial charge in [0.1, 0.15) is 5.84 Å². The van der Waals surface area contributed by atoms with Crippen molar-refractivity contribution in [2.75, 3.05) is 58.6 Å². The standard InChI is InChI=1S/C34H49N5O5/c1-7-15-39(16-8-2)17-11-19-42-29-20-24(4)27-21-30(29)41-18-10-14-36-34(40)25(5)38(6)22-26-12-13-28-32(44-23-43-28)31(26)37-33(27)35-9-3/h9,12-13,20-21,25H,3,7-8,10-11,14-19,22-23H2,1-2,4-6H3,(H,35,37)(H,36,40)/t25-/m0/s1. The van der Waals surface area contributed by atoms with Crippen LogP contribution in [0, 0.1) is 6.92 Å². The fourth-order valence-electron chi connectivity index (χ4n) is 5.46. The zero-order chi connectivity index (χ0) is 31.5. The average Bonchev–Trinajstić information content (AvgIpc) is 3.49. The molecule has 2 N–H and O–H groups in total. The van der Waals surface area contributed by atoms with Crippen LogP contribution in [-0.2, 0) is 11.3 Å². The Morgan fingerprint density at radius 1 is 1.14 bits per heavy atom. The minimum absolute atomic E-state index is 0.0365. The molecule has 0 fully saturated rings. The van der Waals surface area contributed by atoms with E-state index < -0.39 is 0 Å². The Balaban J connectivity index is 1.67. The van der Waals surface area contributed by atoms with E-state index in [4.69, 9.17) is 18.9 Å². The van der Waals surface area contributed by atoms with Crippen molar-refractivity contribution in [2.24, 2.45) is 4.99 Å². The third-order valence-corrected chi connectivity index (χ3v) is 7.93. The van der Waals surface area contributed by atoms with Crippen molar-refractivity contribution in [2.45, 2.75) is 66.0 Å². The van der Waals surface area contributed by atoms with Gasteiger partial charge in [-0.15, -0.1) is 0 Å². The molecule has 240 valence electrons. The number of hydrogen-bond donors (Lipinski definition) is 2. The lowest BCUT2D eigenvalue weighted by molar-refractivity contribution is -0.125. The number of nitrogens with zero attached hydrogens (tertiary/aromatic N) is 3. The van der Waals surface area contributed by atoms with Crippen LogP contribution in [0.15, 0.2) is 42.0 Å². The number of ether oxygens (including phenoxy) is 4. The first-order valence-electron chi connectivity index (χ1n) is 15.8. The summed E-state index contributed by atoms with van der Waals surface area (Å²) in [5.74, 6) is 3.14. The van der Waals surface area contributed by atoms with Gasteiger partial charge in [-0.1, -0.05) is 26.5 Å². The number of carbonyl (C=O) groups excluding carboxylic acids is 1. The molecular formula is C34H49N5O5. The number of benzene rings is 2. The molecule has 1 atom stereocenters. The maximum absolute atomic E-state index is 13.0. The van der Waals surface area contributed by atoms with Crippen molar-refractivity contribution >= 4 is 17.4 Å². The fourth-order valence-corrected chi connectivity index (χ4v) is 5.46. The van der Waals surface area contributed by atoms with Crippen LogP contribution < -0.4 is 29.6 Å². The summed E-state index contributed by atoms with van der Waals surface area (Å²) in [7, 11) is 1.93. The van der Waals surface area contributed by atoms with Crippen LogP contribution in [0.1, 0.15) is 63.1 Å². The first-order valence-corrected chi connectivity index (χ1v) is 15.8. The molecule has 2 heterocycles. The van der Waals surface area contributed by atoms with Gasteiger partial charge in [-0.25, -0.2) is 4.99 Å². The summed E-state index contributed by atoms with van der Waals surface area (Å²) in [6, 6.07) is 7.53. The molecule has 0 aliphatic carbocycles. The molecule has 0 saturated carbocycles. The monoisotopic (exact) mass is 607 g/mol. The van der Waals surface area contributed by atoms with Crippen LogP contribution in [0.25, 0.3) is 0 Å². The van der Waals surface area contributed by atoms with E-state index in [1.807, 2.05) is 50.1 Å². The molecule has 2 aromatic carbocycles. The van der Waals surface area contributed by atoms with Crippen LogP contribution in [0.3, 0.4) is 0 Å². The molecule has 2 bridgehead atoms. The van der Waals surface area contributed by atoms with Crippen molar-refractivity contribution in [3.05, 3.63) is 53.7 Å². The lowest BCUT2D eigenvalue weighted by Gasteiger charge is -2.26. The number of aliphatic imine (C=N–C) groups is 1. The Bertz CT molecular complexity index is 1310. The van der Waals surface area contributed by atoms with E-state index >= 15 is 0 Å². The van der Waals surface area contributed by atoms with E-state index in [-0.39, 0.29) is 18.7 Å². The summed E-state index contributed by atoms with van der Waals surface area (Å²) in [5, 5.41) is 6.58. The maximum atomic E-state index is 13.0. The summed E-state index contributed by atoms with van der Waals surface area (Å²) < 4.78 is 24.2. The summed E-state index contributed by atoms with van der Waals surface area (Å²) in [4.78, 5) is 22.1. The summed E-state index contributed by atoms with van der Waals surface area (Å²) in [5.41, 5.74) is 3.51. The second kappa shape index (κ2) is 16.4. The number of carbonyl (C=O) groups is 1. The van der Waals surface area contributed by atoms with Gasteiger partial charge < -0.3 is 34.5 Å². The summed E-state index contributed by atoms with van der Waals surface area (Å²) >= 11 is 0. The highest BCUT2D eigenvalue weighted by Gasteiger charge is 2.26. The van der Waals surface area contributed by atoms with Gasteiger partial charge in [0.25, 0.3) is 0 Å². The summed E-state index contributed by atoms with van der Waals surface area (Å²) in [6.45, 7) is 17.6. The van der Waals surface area contributed by atoms with Crippen LogP contribution in [-0.4, -0.2) is 80.8 Å². The number of hydrogen-bond acceptors (Lipinski definition) is 8. The van der Waals surface area contributed by atoms with Crippen LogP contribution in [0.2, 0.25) is 0 Å². The van der Waals surface area contributed by atoms with E-state index in [9.17, 15) is 4.79 Å². The molecular weight excluding hydrogens is 558 g/mol. The van der Waals surface area contributed by atoms with Crippen molar-refractivity contribution in [1.29, 1.82) is 0 Å². The maximum Gasteiger partial charge on any atom is 0.237 e.